The summed E-state index contributed by atoms with van der Waals surface area (Å²) in [4.78, 5) is 54.3. The Kier molecular flexibility index (Phi) is 5.74. The highest BCUT2D eigenvalue weighted by atomic mass is 32.2. The minimum Gasteiger partial charge on any atom is -0.333 e. The van der Waals surface area contributed by atoms with Crippen molar-refractivity contribution in [2.24, 2.45) is 0 Å². The Hall–Kier alpha value is -3.82. The zero-order valence-corrected chi connectivity index (χ0v) is 19.4. The average Bonchev–Trinajstić information content (AvgIpc) is 3.37. The van der Waals surface area contributed by atoms with E-state index < -0.39 is 39.7 Å². The van der Waals surface area contributed by atoms with Gasteiger partial charge < -0.3 is 4.57 Å². The first-order valence-electron chi connectivity index (χ1n) is 11.1. The number of carbonyl (C=O) groups is 4. The SMILES string of the molecule is O=C1CCC(N2C(=O)c3ccc(C#CCNS(=O)(=O)c4cn5c(n4)CCCC5)cc3C2=O)C(=O)N1. The molecule has 4 heterocycles. The Morgan fingerprint density at radius 2 is 1.89 bits per heavy atom. The number of imide groups is 2. The van der Waals surface area contributed by atoms with E-state index >= 15 is 0 Å². The number of amides is 4. The highest BCUT2D eigenvalue weighted by Gasteiger charge is 2.44. The van der Waals surface area contributed by atoms with E-state index in [-0.39, 0.29) is 35.5 Å². The van der Waals surface area contributed by atoms with E-state index in [0.717, 1.165) is 36.5 Å². The Bertz CT molecular complexity index is 1420. The molecule has 0 bridgehead atoms. The van der Waals surface area contributed by atoms with Crippen molar-refractivity contribution >= 4 is 33.7 Å². The van der Waals surface area contributed by atoms with Crippen molar-refractivity contribution in [1.82, 2.24) is 24.5 Å². The molecular formula is C23H21N5O6S. The molecule has 35 heavy (non-hydrogen) atoms. The monoisotopic (exact) mass is 495 g/mol. The van der Waals surface area contributed by atoms with Crippen molar-refractivity contribution in [3.05, 3.63) is 46.9 Å². The molecule has 1 unspecified atom stereocenters. The van der Waals surface area contributed by atoms with Crippen molar-refractivity contribution in [1.29, 1.82) is 0 Å². The second kappa shape index (κ2) is 8.75. The lowest BCUT2D eigenvalue weighted by molar-refractivity contribution is -0.136. The highest BCUT2D eigenvalue weighted by Crippen LogP contribution is 2.28. The fourth-order valence-corrected chi connectivity index (χ4v) is 5.32. The van der Waals surface area contributed by atoms with Crippen LogP contribution in [0.15, 0.2) is 29.4 Å². The van der Waals surface area contributed by atoms with Crippen LogP contribution in [0.25, 0.3) is 0 Å². The summed E-state index contributed by atoms with van der Waals surface area (Å²) >= 11 is 0. The van der Waals surface area contributed by atoms with Gasteiger partial charge in [-0.25, -0.2) is 13.4 Å². The predicted molar refractivity (Wildman–Crippen MR) is 120 cm³/mol. The second-order valence-corrected chi connectivity index (χ2v) is 10.2. The predicted octanol–water partition coefficient (Wildman–Crippen LogP) is -0.0494. The van der Waals surface area contributed by atoms with Crippen LogP contribution >= 0.6 is 0 Å². The Labute approximate surface area is 200 Å². The van der Waals surface area contributed by atoms with E-state index in [9.17, 15) is 27.6 Å². The van der Waals surface area contributed by atoms with Crippen LogP contribution in [0.2, 0.25) is 0 Å². The number of imidazole rings is 1. The number of carbonyl (C=O) groups excluding carboxylic acids is 4. The molecule has 1 saturated heterocycles. The molecule has 0 radical (unpaired) electrons. The van der Waals surface area contributed by atoms with Gasteiger partial charge in [0.2, 0.25) is 11.8 Å². The van der Waals surface area contributed by atoms with Gasteiger partial charge in [-0.1, -0.05) is 11.8 Å². The summed E-state index contributed by atoms with van der Waals surface area (Å²) in [5.41, 5.74) is 0.664. The van der Waals surface area contributed by atoms with E-state index in [1.54, 1.807) is 6.07 Å². The minimum absolute atomic E-state index is 0.0358. The van der Waals surface area contributed by atoms with Crippen LogP contribution in [-0.2, 0) is 32.6 Å². The number of aromatic nitrogens is 2. The van der Waals surface area contributed by atoms with Crippen LogP contribution in [0, 0.1) is 11.8 Å². The Morgan fingerprint density at radius 3 is 2.66 bits per heavy atom. The van der Waals surface area contributed by atoms with Gasteiger partial charge in [0.05, 0.1) is 17.7 Å². The van der Waals surface area contributed by atoms with Gasteiger partial charge in [-0.15, -0.1) is 0 Å². The number of benzene rings is 1. The van der Waals surface area contributed by atoms with Gasteiger partial charge in [0.1, 0.15) is 11.9 Å². The maximum absolute atomic E-state index is 12.9. The number of piperidine rings is 1. The van der Waals surface area contributed by atoms with Crippen molar-refractivity contribution in [2.75, 3.05) is 6.54 Å². The number of sulfonamides is 1. The molecule has 180 valence electrons. The minimum atomic E-state index is -3.81. The normalized spacial score (nSPS) is 19.7. The fourth-order valence-electron chi connectivity index (χ4n) is 4.42. The van der Waals surface area contributed by atoms with Crippen LogP contribution in [0.3, 0.4) is 0 Å². The topological polar surface area (TPSA) is 148 Å². The molecule has 2 N–H and O–H groups in total. The summed E-state index contributed by atoms with van der Waals surface area (Å²) in [5, 5.41) is 2.11. The number of rotatable bonds is 4. The standard InChI is InChI=1S/C23H21N5O6S/c29-19-9-8-17(21(30)26-19)28-22(31)15-7-6-14(12-16(15)23(28)32)4-3-10-24-35(33,34)20-13-27-11-2-1-5-18(27)25-20/h6-7,12-13,17,24H,1-2,5,8-11H2,(H,26,29,30). The van der Waals surface area contributed by atoms with Crippen LogP contribution in [-0.4, -0.2) is 59.1 Å². The van der Waals surface area contributed by atoms with Gasteiger partial charge in [0.25, 0.3) is 21.8 Å². The number of fused-ring (bicyclic) bond motifs is 2. The molecule has 2 aromatic rings. The molecule has 1 aromatic carbocycles. The van der Waals surface area contributed by atoms with E-state index in [2.05, 4.69) is 26.9 Å². The molecule has 12 heteroatoms. The summed E-state index contributed by atoms with van der Waals surface area (Å²) in [7, 11) is -3.81. The first-order valence-corrected chi connectivity index (χ1v) is 12.6. The summed E-state index contributed by atoms with van der Waals surface area (Å²) in [5.74, 6) is 3.89. The van der Waals surface area contributed by atoms with E-state index in [4.69, 9.17) is 0 Å². The molecule has 1 aromatic heterocycles. The number of nitrogens with one attached hydrogen (secondary N) is 2. The van der Waals surface area contributed by atoms with Crippen molar-refractivity contribution in [3.63, 3.8) is 0 Å². The first-order chi connectivity index (χ1) is 16.7. The van der Waals surface area contributed by atoms with Crippen LogP contribution in [0.4, 0.5) is 0 Å². The smallest absolute Gasteiger partial charge is 0.262 e. The molecule has 0 spiro atoms. The van der Waals surface area contributed by atoms with Gasteiger partial charge in [-0.3, -0.25) is 29.4 Å². The van der Waals surface area contributed by atoms with Crippen LogP contribution in [0.5, 0.6) is 0 Å². The second-order valence-electron chi connectivity index (χ2n) is 8.48. The third kappa shape index (κ3) is 4.24. The molecule has 3 aliphatic rings. The first kappa shape index (κ1) is 22.9. The maximum Gasteiger partial charge on any atom is 0.262 e. The van der Waals surface area contributed by atoms with Gasteiger partial charge in [-0.05, 0) is 37.5 Å². The molecule has 4 amide bonds. The lowest BCUT2D eigenvalue weighted by atomic mass is 10.0. The zero-order valence-electron chi connectivity index (χ0n) is 18.5. The third-order valence-electron chi connectivity index (χ3n) is 6.18. The van der Waals surface area contributed by atoms with Gasteiger partial charge in [0.15, 0.2) is 5.03 Å². The summed E-state index contributed by atoms with van der Waals surface area (Å²) < 4.78 is 29.3. The summed E-state index contributed by atoms with van der Waals surface area (Å²) in [6, 6.07) is 3.39. The van der Waals surface area contributed by atoms with E-state index in [1.807, 2.05) is 4.57 Å². The molecule has 0 saturated carbocycles. The number of hydrogen-bond acceptors (Lipinski definition) is 7. The maximum atomic E-state index is 12.9. The van der Waals surface area contributed by atoms with Crippen molar-refractivity contribution < 1.29 is 27.6 Å². The molecule has 0 aliphatic carbocycles. The van der Waals surface area contributed by atoms with Crippen LogP contribution in [0.1, 0.15) is 57.8 Å². The third-order valence-corrected chi connectivity index (χ3v) is 7.46. The van der Waals surface area contributed by atoms with Gasteiger partial charge >= 0.3 is 0 Å². The molecule has 5 rings (SSSR count). The average molecular weight is 496 g/mol. The van der Waals surface area contributed by atoms with Crippen molar-refractivity contribution in [3.8, 4) is 11.8 Å². The quantitative estimate of drug-likeness (QED) is 0.446. The fraction of sp³-hybridized carbons (Fsp3) is 0.348. The number of hydrogen-bond donors (Lipinski definition) is 2. The summed E-state index contributed by atoms with van der Waals surface area (Å²) in [6.45, 7) is 0.578. The summed E-state index contributed by atoms with van der Waals surface area (Å²) in [6.07, 6.45) is 4.36. The molecular weight excluding hydrogens is 474 g/mol. The lowest BCUT2D eigenvalue weighted by Crippen LogP contribution is -2.54. The lowest BCUT2D eigenvalue weighted by Gasteiger charge is -2.27. The molecule has 3 aliphatic heterocycles. The highest BCUT2D eigenvalue weighted by molar-refractivity contribution is 7.89. The Balaban J connectivity index is 1.27. The van der Waals surface area contributed by atoms with Gasteiger partial charge in [-0.2, -0.15) is 4.72 Å². The Morgan fingerprint density at radius 1 is 1.09 bits per heavy atom. The van der Waals surface area contributed by atoms with Gasteiger partial charge in [0, 0.05) is 31.1 Å². The molecule has 1 atom stereocenters. The zero-order chi connectivity index (χ0) is 24.7. The number of nitrogens with zero attached hydrogens (tertiary/aromatic N) is 3. The van der Waals surface area contributed by atoms with E-state index in [0.29, 0.717) is 5.56 Å². The molecule has 1 fully saturated rings. The van der Waals surface area contributed by atoms with Crippen molar-refractivity contribution in [2.45, 2.75) is 49.7 Å². The largest absolute Gasteiger partial charge is 0.333 e. The molecule has 11 nitrogen and oxygen atoms in total. The van der Waals surface area contributed by atoms with E-state index in [1.165, 1.54) is 18.3 Å². The van der Waals surface area contributed by atoms with Crippen LogP contribution < -0.4 is 10.0 Å². The number of aryl methyl sites for hydroxylation is 2.